The van der Waals surface area contributed by atoms with E-state index in [1.807, 2.05) is 11.9 Å². The molecule has 0 aliphatic carbocycles. The quantitative estimate of drug-likeness (QED) is 0.678. The highest BCUT2D eigenvalue weighted by Crippen LogP contribution is 2.36. The summed E-state index contributed by atoms with van der Waals surface area (Å²) in [5, 5.41) is 21.6. The number of hydrogen-bond donors (Lipinski definition) is 1. The Morgan fingerprint density at radius 2 is 1.83 bits per heavy atom. The van der Waals surface area contributed by atoms with Gasteiger partial charge in [0.15, 0.2) is 5.69 Å². The van der Waals surface area contributed by atoms with Gasteiger partial charge in [-0.3, -0.25) is 10.1 Å². The van der Waals surface area contributed by atoms with Crippen LogP contribution >= 0.6 is 0 Å². The number of para-hydroxylation sites is 1. The predicted molar refractivity (Wildman–Crippen MR) is 90.2 cm³/mol. The molecular formula is C16H19N5O3. The minimum atomic E-state index is -0.495. The van der Waals surface area contributed by atoms with Crippen molar-refractivity contribution in [2.75, 3.05) is 38.1 Å². The Bertz CT molecular complexity index is 772. The second kappa shape index (κ2) is 6.40. The first-order valence-electron chi connectivity index (χ1n) is 7.72. The summed E-state index contributed by atoms with van der Waals surface area (Å²) < 4.78 is 0. The Labute approximate surface area is 139 Å². The molecule has 0 radical (unpaired) electrons. The molecule has 1 fully saturated rings. The molecule has 1 saturated heterocycles. The van der Waals surface area contributed by atoms with E-state index in [1.165, 1.54) is 6.07 Å². The molecule has 1 aliphatic rings. The molecule has 1 aromatic heterocycles. The standard InChI is InChI=1S/C16H19N5O3/c1-11-15(21(23)24)14(12-5-3-4-6-13(12)22)18-16(17-11)20-9-7-19(2)8-10-20/h3-6,22H,7-10H2,1-2H3. The first-order valence-corrected chi connectivity index (χ1v) is 7.72. The van der Waals surface area contributed by atoms with Crippen LogP contribution in [0.1, 0.15) is 5.69 Å². The van der Waals surface area contributed by atoms with Gasteiger partial charge < -0.3 is 14.9 Å². The molecule has 0 spiro atoms. The topological polar surface area (TPSA) is 95.6 Å². The zero-order valence-corrected chi connectivity index (χ0v) is 13.6. The van der Waals surface area contributed by atoms with Gasteiger partial charge in [-0.15, -0.1) is 0 Å². The van der Waals surface area contributed by atoms with Crippen molar-refractivity contribution in [3.05, 3.63) is 40.1 Å². The van der Waals surface area contributed by atoms with Crippen LogP contribution in [-0.4, -0.2) is 58.1 Å². The fourth-order valence-corrected chi connectivity index (χ4v) is 2.78. The second-order valence-electron chi connectivity index (χ2n) is 5.87. The summed E-state index contributed by atoms with van der Waals surface area (Å²) in [6.07, 6.45) is 0. The van der Waals surface area contributed by atoms with Gasteiger partial charge in [0.2, 0.25) is 5.95 Å². The van der Waals surface area contributed by atoms with Gasteiger partial charge in [-0.2, -0.15) is 0 Å². The molecule has 0 bridgehead atoms. The van der Waals surface area contributed by atoms with E-state index in [9.17, 15) is 15.2 Å². The normalized spacial score (nSPS) is 15.5. The highest BCUT2D eigenvalue weighted by atomic mass is 16.6. The van der Waals surface area contributed by atoms with Crippen LogP contribution in [0.2, 0.25) is 0 Å². The molecular weight excluding hydrogens is 310 g/mol. The van der Waals surface area contributed by atoms with Gasteiger partial charge in [0.25, 0.3) is 0 Å². The number of phenols is 1. The number of aromatic hydroxyl groups is 1. The smallest absolute Gasteiger partial charge is 0.316 e. The maximum Gasteiger partial charge on any atom is 0.316 e. The van der Waals surface area contributed by atoms with E-state index in [0.717, 1.165) is 26.2 Å². The summed E-state index contributed by atoms with van der Waals surface area (Å²) in [7, 11) is 2.05. The summed E-state index contributed by atoms with van der Waals surface area (Å²) in [5.74, 6) is 0.424. The summed E-state index contributed by atoms with van der Waals surface area (Å²) in [5.41, 5.74) is 0.612. The lowest BCUT2D eigenvalue weighted by Crippen LogP contribution is -2.45. The average molecular weight is 329 g/mol. The maximum absolute atomic E-state index is 11.5. The molecule has 24 heavy (non-hydrogen) atoms. The van der Waals surface area contributed by atoms with Crippen molar-refractivity contribution < 1.29 is 10.0 Å². The van der Waals surface area contributed by atoms with Crippen LogP contribution in [-0.2, 0) is 0 Å². The number of rotatable bonds is 3. The van der Waals surface area contributed by atoms with Crippen molar-refractivity contribution in [1.29, 1.82) is 0 Å². The van der Waals surface area contributed by atoms with Crippen molar-refractivity contribution in [3.63, 3.8) is 0 Å². The number of likely N-dealkylation sites (N-methyl/N-ethyl adjacent to an activating group) is 1. The number of piperazine rings is 1. The zero-order chi connectivity index (χ0) is 17.3. The third-order valence-electron chi connectivity index (χ3n) is 4.17. The number of hydrogen-bond acceptors (Lipinski definition) is 7. The molecule has 8 heteroatoms. The van der Waals surface area contributed by atoms with Gasteiger partial charge in [0.05, 0.1) is 4.92 Å². The monoisotopic (exact) mass is 329 g/mol. The molecule has 126 valence electrons. The number of phenolic OH excluding ortho intramolecular Hbond substituents is 1. The molecule has 2 heterocycles. The average Bonchev–Trinajstić information content (AvgIpc) is 2.55. The lowest BCUT2D eigenvalue weighted by atomic mass is 10.1. The van der Waals surface area contributed by atoms with E-state index >= 15 is 0 Å². The Hall–Kier alpha value is -2.74. The van der Waals surface area contributed by atoms with Crippen molar-refractivity contribution in [2.45, 2.75) is 6.92 Å². The van der Waals surface area contributed by atoms with Crippen LogP contribution in [0.3, 0.4) is 0 Å². The molecule has 2 aromatic rings. The number of nitro groups is 1. The second-order valence-corrected chi connectivity index (χ2v) is 5.87. The molecule has 1 aliphatic heterocycles. The Morgan fingerprint density at radius 3 is 2.46 bits per heavy atom. The molecule has 0 unspecified atom stereocenters. The van der Waals surface area contributed by atoms with Crippen molar-refractivity contribution in [2.24, 2.45) is 0 Å². The van der Waals surface area contributed by atoms with Gasteiger partial charge in [0.1, 0.15) is 11.4 Å². The Balaban J connectivity index is 2.12. The van der Waals surface area contributed by atoms with Crippen LogP contribution < -0.4 is 4.90 Å². The molecule has 3 rings (SSSR count). The largest absolute Gasteiger partial charge is 0.507 e. The Morgan fingerprint density at radius 1 is 1.17 bits per heavy atom. The molecule has 0 saturated carbocycles. The fourth-order valence-electron chi connectivity index (χ4n) is 2.78. The summed E-state index contributed by atoms with van der Waals surface area (Å²) in [4.78, 5) is 24.0. The molecule has 0 amide bonds. The summed E-state index contributed by atoms with van der Waals surface area (Å²) >= 11 is 0. The van der Waals surface area contributed by atoms with Gasteiger partial charge >= 0.3 is 5.69 Å². The van der Waals surface area contributed by atoms with E-state index in [1.54, 1.807) is 25.1 Å². The van der Waals surface area contributed by atoms with Gasteiger partial charge in [0, 0.05) is 31.7 Å². The van der Waals surface area contributed by atoms with E-state index in [2.05, 4.69) is 14.9 Å². The van der Waals surface area contributed by atoms with Crippen LogP contribution in [0.4, 0.5) is 11.6 Å². The van der Waals surface area contributed by atoms with E-state index < -0.39 is 4.92 Å². The molecule has 1 aromatic carbocycles. The van der Waals surface area contributed by atoms with E-state index in [0.29, 0.717) is 17.2 Å². The van der Waals surface area contributed by atoms with Gasteiger partial charge in [-0.25, -0.2) is 9.97 Å². The predicted octanol–water partition coefficient (Wildman–Crippen LogP) is 1.82. The van der Waals surface area contributed by atoms with Gasteiger partial charge in [-0.1, -0.05) is 12.1 Å². The van der Waals surface area contributed by atoms with E-state index in [4.69, 9.17) is 0 Å². The fraction of sp³-hybridized carbons (Fsp3) is 0.375. The van der Waals surface area contributed by atoms with Crippen LogP contribution in [0.5, 0.6) is 5.75 Å². The third kappa shape index (κ3) is 3.00. The Kier molecular flexibility index (Phi) is 4.30. The maximum atomic E-state index is 11.5. The third-order valence-corrected chi connectivity index (χ3v) is 4.17. The number of anilines is 1. The molecule has 0 atom stereocenters. The number of nitrogens with zero attached hydrogens (tertiary/aromatic N) is 5. The highest BCUT2D eigenvalue weighted by molar-refractivity contribution is 5.76. The summed E-state index contributed by atoms with van der Waals surface area (Å²) in [6, 6.07) is 6.50. The van der Waals surface area contributed by atoms with Gasteiger partial charge in [-0.05, 0) is 26.1 Å². The lowest BCUT2D eigenvalue weighted by molar-refractivity contribution is -0.385. The van der Waals surface area contributed by atoms with Crippen molar-refractivity contribution in [1.82, 2.24) is 14.9 Å². The first kappa shape index (κ1) is 16.1. The number of benzene rings is 1. The highest BCUT2D eigenvalue weighted by Gasteiger charge is 2.27. The first-order chi connectivity index (χ1) is 11.5. The van der Waals surface area contributed by atoms with Crippen molar-refractivity contribution >= 4 is 11.6 Å². The lowest BCUT2D eigenvalue weighted by Gasteiger charge is -2.32. The van der Waals surface area contributed by atoms with Crippen LogP contribution in [0, 0.1) is 17.0 Å². The SMILES string of the molecule is Cc1nc(N2CCN(C)CC2)nc(-c2ccccc2O)c1[N+](=O)[O-]. The minimum absolute atomic E-state index is 0.0389. The number of aryl methyl sites for hydroxylation is 1. The van der Waals surface area contributed by atoms with E-state index in [-0.39, 0.29) is 17.1 Å². The molecule has 8 nitrogen and oxygen atoms in total. The minimum Gasteiger partial charge on any atom is -0.507 e. The summed E-state index contributed by atoms with van der Waals surface area (Å²) in [6.45, 7) is 4.88. The van der Waals surface area contributed by atoms with Crippen molar-refractivity contribution in [3.8, 4) is 17.0 Å². The molecule has 1 N–H and O–H groups in total. The van der Waals surface area contributed by atoms with Crippen LogP contribution in [0.15, 0.2) is 24.3 Å². The van der Waals surface area contributed by atoms with Crippen LogP contribution in [0.25, 0.3) is 11.3 Å². The zero-order valence-electron chi connectivity index (χ0n) is 13.6. The number of aromatic nitrogens is 2.